The summed E-state index contributed by atoms with van der Waals surface area (Å²) in [7, 11) is 0. The molecule has 0 aliphatic heterocycles. The van der Waals surface area contributed by atoms with E-state index in [1.807, 2.05) is 0 Å². The van der Waals surface area contributed by atoms with Crippen molar-refractivity contribution in [3.63, 3.8) is 0 Å². The molecule has 0 fully saturated rings. The van der Waals surface area contributed by atoms with Gasteiger partial charge in [0.2, 0.25) is 0 Å². The summed E-state index contributed by atoms with van der Waals surface area (Å²) in [5.41, 5.74) is 9.36. The first-order chi connectivity index (χ1) is 27.8. The number of benzene rings is 11. The fourth-order valence-electron chi connectivity index (χ4n) is 9.30. The topological polar surface area (TPSA) is 8.17 Å². The van der Waals surface area contributed by atoms with Crippen molar-refractivity contribution in [1.29, 1.82) is 0 Å². The van der Waals surface area contributed by atoms with Gasteiger partial charge in [-0.1, -0.05) is 152 Å². The van der Waals surface area contributed by atoms with Crippen LogP contribution in [0.1, 0.15) is 0 Å². The number of rotatable bonds is 5. The van der Waals surface area contributed by atoms with Gasteiger partial charge in [-0.2, -0.15) is 0 Å². The summed E-state index contributed by atoms with van der Waals surface area (Å²) in [4.78, 5) is 2.37. The first-order valence-electron chi connectivity index (χ1n) is 19.3. The second-order valence-corrected chi connectivity index (χ2v) is 14.9. The van der Waals surface area contributed by atoms with Crippen molar-refractivity contribution in [3.8, 4) is 16.8 Å². The quantitative estimate of drug-likeness (QED) is 0.161. The van der Waals surface area contributed by atoms with E-state index in [1.54, 1.807) is 0 Å². The van der Waals surface area contributed by atoms with Crippen molar-refractivity contribution in [3.05, 3.63) is 206 Å². The number of nitrogens with zero attached hydrogens (tertiary/aromatic N) is 2. The summed E-state index contributed by atoms with van der Waals surface area (Å²) in [5, 5.41) is 15.3. The van der Waals surface area contributed by atoms with Gasteiger partial charge >= 0.3 is 0 Å². The van der Waals surface area contributed by atoms with E-state index in [2.05, 4.69) is 216 Å². The summed E-state index contributed by atoms with van der Waals surface area (Å²) >= 11 is 0. The Morgan fingerprint density at radius 3 is 1.79 bits per heavy atom. The van der Waals surface area contributed by atoms with Crippen LogP contribution in [0.2, 0.25) is 0 Å². The Morgan fingerprint density at radius 1 is 0.304 bits per heavy atom. The van der Waals surface area contributed by atoms with E-state index in [4.69, 9.17) is 0 Å². The minimum atomic E-state index is 1.12. The van der Waals surface area contributed by atoms with Gasteiger partial charge < -0.3 is 9.47 Å². The lowest BCUT2D eigenvalue weighted by molar-refractivity contribution is 1.19. The maximum absolute atomic E-state index is 2.49. The Balaban J connectivity index is 1.07. The molecule has 56 heavy (non-hydrogen) atoms. The molecule has 0 spiro atoms. The zero-order chi connectivity index (χ0) is 36.7. The maximum Gasteiger partial charge on any atom is 0.0553 e. The van der Waals surface area contributed by atoms with Gasteiger partial charge in [0.15, 0.2) is 0 Å². The second kappa shape index (κ2) is 12.0. The minimum Gasteiger partial charge on any atom is -0.310 e. The average molecular weight is 711 g/mol. The Hall–Kier alpha value is -7.42. The SMILES string of the molecule is c1ccc(N(c2ccc(-c3ccc4c5c6ccc7cccc8ccc(cc5n(-c5ccc9ccccc9c5)c4c3)c6c87)cc2)c2cccc3ccccc23)cc1. The fraction of sp³-hybridized carbons (Fsp3) is 0. The Labute approximate surface area is 324 Å². The third-order valence-electron chi connectivity index (χ3n) is 11.8. The average Bonchev–Trinajstić information content (AvgIpc) is 3.59. The van der Waals surface area contributed by atoms with E-state index < -0.39 is 0 Å². The predicted molar refractivity (Wildman–Crippen MR) is 240 cm³/mol. The zero-order valence-electron chi connectivity index (χ0n) is 30.5. The molecule has 0 amide bonds. The molecule has 0 saturated heterocycles. The molecular formula is C54H34N2. The molecule has 1 aromatic heterocycles. The van der Waals surface area contributed by atoms with Crippen molar-refractivity contribution in [2.45, 2.75) is 0 Å². The van der Waals surface area contributed by atoms with Gasteiger partial charge in [-0.15, -0.1) is 0 Å². The monoisotopic (exact) mass is 710 g/mol. The molecule has 2 nitrogen and oxygen atoms in total. The molecule has 0 N–H and O–H groups in total. The first kappa shape index (κ1) is 31.0. The van der Waals surface area contributed by atoms with Crippen molar-refractivity contribution in [1.82, 2.24) is 4.57 Å². The molecule has 0 aliphatic rings. The number of para-hydroxylation sites is 1. The molecule has 260 valence electrons. The Kier molecular flexibility index (Phi) is 6.66. The van der Waals surface area contributed by atoms with E-state index >= 15 is 0 Å². The molecule has 0 bridgehead atoms. The second-order valence-electron chi connectivity index (χ2n) is 14.9. The Morgan fingerprint density at radius 2 is 0.929 bits per heavy atom. The van der Waals surface area contributed by atoms with Gasteiger partial charge in [-0.05, 0) is 114 Å². The molecule has 12 rings (SSSR count). The van der Waals surface area contributed by atoms with Crippen LogP contribution < -0.4 is 4.90 Å². The van der Waals surface area contributed by atoms with Crippen LogP contribution in [0, 0.1) is 0 Å². The summed E-state index contributed by atoms with van der Waals surface area (Å²) in [6.45, 7) is 0. The van der Waals surface area contributed by atoms with Gasteiger partial charge in [0.25, 0.3) is 0 Å². The summed E-state index contributed by atoms with van der Waals surface area (Å²) in [6, 6.07) is 75.8. The van der Waals surface area contributed by atoms with Crippen molar-refractivity contribution in [2.75, 3.05) is 4.90 Å². The molecule has 0 radical (unpaired) electrons. The summed E-state index contributed by atoms with van der Waals surface area (Å²) < 4.78 is 2.49. The lowest BCUT2D eigenvalue weighted by Gasteiger charge is -2.27. The first-order valence-corrected chi connectivity index (χ1v) is 19.3. The third-order valence-corrected chi connectivity index (χ3v) is 11.8. The number of anilines is 3. The van der Waals surface area contributed by atoms with E-state index in [-0.39, 0.29) is 0 Å². The van der Waals surface area contributed by atoms with Gasteiger partial charge in [0.1, 0.15) is 0 Å². The van der Waals surface area contributed by atoms with Crippen LogP contribution in [0.5, 0.6) is 0 Å². The highest BCUT2D eigenvalue weighted by atomic mass is 15.1. The maximum atomic E-state index is 2.49. The van der Waals surface area contributed by atoms with E-state index in [9.17, 15) is 0 Å². The van der Waals surface area contributed by atoms with Crippen molar-refractivity contribution in [2.24, 2.45) is 0 Å². The van der Waals surface area contributed by atoms with Crippen LogP contribution in [0.25, 0.3) is 92.5 Å². The highest BCUT2D eigenvalue weighted by molar-refractivity contribution is 6.33. The smallest absolute Gasteiger partial charge is 0.0553 e. The van der Waals surface area contributed by atoms with Crippen molar-refractivity contribution < 1.29 is 0 Å². The van der Waals surface area contributed by atoms with Crippen LogP contribution in [-0.4, -0.2) is 4.57 Å². The van der Waals surface area contributed by atoms with Gasteiger partial charge in [0.05, 0.1) is 16.7 Å². The largest absolute Gasteiger partial charge is 0.310 e. The number of fused-ring (bicyclic) bond motifs is 6. The van der Waals surface area contributed by atoms with Crippen LogP contribution in [0.3, 0.4) is 0 Å². The van der Waals surface area contributed by atoms with Gasteiger partial charge in [0, 0.05) is 33.2 Å². The van der Waals surface area contributed by atoms with E-state index in [0.717, 1.165) is 22.7 Å². The van der Waals surface area contributed by atoms with E-state index in [1.165, 1.54) is 86.8 Å². The van der Waals surface area contributed by atoms with Crippen molar-refractivity contribution >= 4 is 92.7 Å². The van der Waals surface area contributed by atoms with Gasteiger partial charge in [-0.25, -0.2) is 0 Å². The normalized spacial score (nSPS) is 11.9. The molecule has 0 unspecified atom stereocenters. The molecule has 0 saturated carbocycles. The molecule has 11 aromatic carbocycles. The van der Waals surface area contributed by atoms with Crippen LogP contribution in [0.4, 0.5) is 17.1 Å². The molecular weight excluding hydrogens is 677 g/mol. The molecule has 0 atom stereocenters. The lowest BCUT2D eigenvalue weighted by Crippen LogP contribution is -2.10. The van der Waals surface area contributed by atoms with Crippen LogP contribution in [0.15, 0.2) is 206 Å². The highest BCUT2D eigenvalue weighted by Gasteiger charge is 2.20. The third kappa shape index (κ3) is 4.63. The highest BCUT2D eigenvalue weighted by Crippen LogP contribution is 2.45. The summed E-state index contributed by atoms with van der Waals surface area (Å²) in [5.74, 6) is 0. The predicted octanol–water partition coefficient (Wildman–Crippen LogP) is 15.1. The molecule has 12 aromatic rings. The fourth-order valence-corrected chi connectivity index (χ4v) is 9.30. The van der Waals surface area contributed by atoms with Gasteiger partial charge in [-0.3, -0.25) is 0 Å². The molecule has 2 heteroatoms. The number of hydrogen-bond donors (Lipinski definition) is 0. The van der Waals surface area contributed by atoms with E-state index in [0.29, 0.717) is 0 Å². The zero-order valence-corrected chi connectivity index (χ0v) is 30.5. The Bertz CT molecular complexity index is 3450. The molecule has 0 aliphatic carbocycles. The lowest BCUT2D eigenvalue weighted by atomic mass is 9.92. The molecule has 1 heterocycles. The standard InChI is InChI=1S/C54H34N2/c1-2-16-43(17-3-1)55(49-19-9-13-37-11-6-7-18-46(37)49)44-27-22-36(23-28-44)41-26-30-47-50(33-41)56(45-29-24-35-10-4-5-12-40(35)32-45)51-34-42-21-20-38-14-8-15-39-25-31-48(54(47)51)53(42)52(38)39/h1-34H. The van der Waals surface area contributed by atoms with Crippen LogP contribution >= 0.6 is 0 Å². The summed E-state index contributed by atoms with van der Waals surface area (Å²) in [6.07, 6.45) is 0. The number of hydrogen-bond acceptors (Lipinski definition) is 1. The number of aromatic nitrogens is 1. The minimum absolute atomic E-state index is 1.12. The van der Waals surface area contributed by atoms with Crippen LogP contribution in [-0.2, 0) is 0 Å².